The molecule has 0 radical (unpaired) electrons. The van der Waals surface area contributed by atoms with E-state index in [1.165, 1.54) is 12.8 Å². The summed E-state index contributed by atoms with van der Waals surface area (Å²) in [6.07, 6.45) is 4.53. The van der Waals surface area contributed by atoms with Gasteiger partial charge >= 0.3 is 0 Å². The fourth-order valence-corrected chi connectivity index (χ4v) is 2.69. The summed E-state index contributed by atoms with van der Waals surface area (Å²) >= 11 is 0. The molecule has 19 heavy (non-hydrogen) atoms. The zero-order valence-electron chi connectivity index (χ0n) is 11.9. The molecule has 1 aromatic rings. The van der Waals surface area contributed by atoms with Gasteiger partial charge in [-0.2, -0.15) is 0 Å². The highest BCUT2D eigenvalue weighted by Crippen LogP contribution is 2.26. The molecule has 104 valence electrons. The van der Waals surface area contributed by atoms with Crippen LogP contribution < -0.4 is 4.74 Å². The van der Waals surface area contributed by atoms with Crippen molar-refractivity contribution in [1.82, 2.24) is 4.90 Å². The van der Waals surface area contributed by atoms with Crippen LogP contribution in [0.15, 0.2) is 24.3 Å². The normalized spacial score (nSPS) is 15.5. The van der Waals surface area contributed by atoms with Crippen molar-refractivity contribution in [3.8, 4) is 5.75 Å². The van der Waals surface area contributed by atoms with Crippen molar-refractivity contribution in [2.24, 2.45) is 5.92 Å². The van der Waals surface area contributed by atoms with E-state index in [0.717, 1.165) is 24.2 Å². The molecule has 1 aliphatic carbocycles. The number of benzene rings is 1. The Morgan fingerprint density at radius 3 is 2.47 bits per heavy atom. The Hall–Kier alpha value is -1.51. The zero-order valence-corrected chi connectivity index (χ0v) is 11.9. The molecule has 0 aliphatic heterocycles. The Labute approximate surface area is 115 Å². The van der Waals surface area contributed by atoms with Crippen molar-refractivity contribution >= 4 is 5.91 Å². The van der Waals surface area contributed by atoms with Crippen LogP contribution in [0.3, 0.4) is 0 Å². The van der Waals surface area contributed by atoms with Crippen LogP contribution in [0.2, 0.25) is 0 Å². The quantitative estimate of drug-likeness (QED) is 0.814. The molecule has 0 unspecified atom stereocenters. The molecule has 0 spiro atoms. The molecule has 1 saturated carbocycles. The van der Waals surface area contributed by atoms with Gasteiger partial charge in [0.1, 0.15) is 5.75 Å². The molecule has 1 aromatic carbocycles. The van der Waals surface area contributed by atoms with Gasteiger partial charge in [0.05, 0.1) is 6.61 Å². The second-order valence-corrected chi connectivity index (χ2v) is 5.25. The molecule has 1 fully saturated rings. The monoisotopic (exact) mass is 261 g/mol. The van der Waals surface area contributed by atoms with Crippen LogP contribution in [0.25, 0.3) is 0 Å². The van der Waals surface area contributed by atoms with Crippen LogP contribution in [0.5, 0.6) is 5.75 Å². The maximum absolute atomic E-state index is 12.2. The zero-order chi connectivity index (χ0) is 13.7. The van der Waals surface area contributed by atoms with Gasteiger partial charge in [0.25, 0.3) is 0 Å². The largest absolute Gasteiger partial charge is 0.494 e. The highest BCUT2D eigenvalue weighted by atomic mass is 16.5. The smallest absolute Gasteiger partial charge is 0.225 e. The first-order valence-corrected chi connectivity index (χ1v) is 7.17. The molecular weight excluding hydrogens is 238 g/mol. The SMILES string of the molecule is CCOc1ccc(CN(C)C(=O)C2CCCC2)cc1. The van der Waals surface area contributed by atoms with Crippen LogP contribution >= 0.6 is 0 Å². The molecule has 0 bridgehead atoms. The molecule has 0 atom stereocenters. The van der Waals surface area contributed by atoms with Gasteiger partial charge < -0.3 is 9.64 Å². The molecule has 2 rings (SSSR count). The van der Waals surface area contributed by atoms with E-state index in [9.17, 15) is 4.79 Å². The van der Waals surface area contributed by atoms with Crippen LogP contribution in [-0.4, -0.2) is 24.5 Å². The first-order valence-electron chi connectivity index (χ1n) is 7.17. The lowest BCUT2D eigenvalue weighted by molar-refractivity contribution is -0.134. The minimum Gasteiger partial charge on any atom is -0.494 e. The average molecular weight is 261 g/mol. The number of ether oxygens (including phenoxy) is 1. The lowest BCUT2D eigenvalue weighted by atomic mass is 10.1. The summed E-state index contributed by atoms with van der Waals surface area (Å²) in [4.78, 5) is 14.1. The van der Waals surface area contributed by atoms with Crippen molar-refractivity contribution in [2.75, 3.05) is 13.7 Å². The third-order valence-corrected chi connectivity index (χ3v) is 3.73. The Balaban J connectivity index is 1.90. The molecule has 0 saturated heterocycles. The second-order valence-electron chi connectivity index (χ2n) is 5.25. The summed E-state index contributed by atoms with van der Waals surface area (Å²) in [5.41, 5.74) is 1.15. The van der Waals surface area contributed by atoms with Crippen molar-refractivity contribution in [3.05, 3.63) is 29.8 Å². The Bertz CT molecular complexity index is 407. The molecule has 1 aliphatic rings. The van der Waals surface area contributed by atoms with Crippen molar-refractivity contribution < 1.29 is 9.53 Å². The molecule has 1 amide bonds. The molecule has 0 aromatic heterocycles. The third-order valence-electron chi connectivity index (χ3n) is 3.73. The fraction of sp³-hybridized carbons (Fsp3) is 0.562. The van der Waals surface area contributed by atoms with Crippen LogP contribution in [0, 0.1) is 5.92 Å². The van der Waals surface area contributed by atoms with E-state index in [2.05, 4.69) is 0 Å². The van der Waals surface area contributed by atoms with Gasteiger partial charge in [-0.25, -0.2) is 0 Å². The van der Waals surface area contributed by atoms with Crippen LogP contribution in [0.1, 0.15) is 38.2 Å². The number of carbonyl (C=O) groups is 1. The summed E-state index contributed by atoms with van der Waals surface area (Å²) in [6.45, 7) is 3.34. The van der Waals surface area contributed by atoms with E-state index in [0.29, 0.717) is 19.1 Å². The third kappa shape index (κ3) is 3.72. The predicted molar refractivity (Wildman–Crippen MR) is 76.0 cm³/mol. The summed E-state index contributed by atoms with van der Waals surface area (Å²) in [5, 5.41) is 0. The predicted octanol–water partition coefficient (Wildman–Crippen LogP) is 3.23. The lowest BCUT2D eigenvalue weighted by Gasteiger charge is -2.21. The Morgan fingerprint density at radius 2 is 1.89 bits per heavy atom. The number of nitrogens with zero attached hydrogens (tertiary/aromatic N) is 1. The Kier molecular flexibility index (Phi) is 4.83. The molecule has 3 heteroatoms. The lowest BCUT2D eigenvalue weighted by Crippen LogP contribution is -2.31. The van der Waals surface area contributed by atoms with Gasteiger partial charge in [0.2, 0.25) is 5.91 Å². The maximum atomic E-state index is 12.2. The van der Waals surface area contributed by atoms with Crippen LogP contribution in [-0.2, 0) is 11.3 Å². The molecule has 0 heterocycles. The second kappa shape index (κ2) is 6.60. The topological polar surface area (TPSA) is 29.5 Å². The van der Waals surface area contributed by atoms with Gasteiger partial charge in [-0.3, -0.25) is 4.79 Å². The van der Waals surface area contributed by atoms with E-state index < -0.39 is 0 Å². The fourth-order valence-electron chi connectivity index (χ4n) is 2.69. The van der Waals surface area contributed by atoms with E-state index in [1.807, 2.05) is 43.1 Å². The minimum atomic E-state index is 0.257. The summed E-state index contributed by atoms with van der Waals surface area (Å²) < 4.78 is 5.41. The van der Waals surface area contributed by atoms with Crippen LogP contribution in [0.4, 0.5) is 0 Å². The van der Waals surface area contributed by atoms with E-state index in [1.54, 1.807) is 0 Å². The molecule has 0 N–H and O–H groups in total. The van der Waals surface area contributed by atoms with E-state index in [4.69, 9.17) is 4.74 Å². The first-order chi connectivity index (χ1) is 9.20. The molecular formula is C16H23NO2. The summed E-state index contributed by atoms with van der Waals surface area (Å²) in [5.74, 6) is 1.44. The van der Waals surface area contributed by atoms with E-state index in [-0.39, 0.29) is 5.92 Å². The van der Waals surface area contributed by atoms with Gasteiger partial charge in [-0.15, -0.1) is 0 Å². The number of hydrogen-bond acceptors (Lipinski definition) is 2. The van der Waals surface area contributed by atoms with Gasteiger partial charge in [-0.1, -0.05) is 25.0 Å². The Morgan fingerprint density at radius 1 is 1.26 bits per heavy atom. The highest BCUT2D eigenvalue weighted by Gasteiger charge is 2.25. The minimum absolute atomic E-state index is 0.257. The maximum Gasteiger partial charge on any atom is 0.225 e. The van der Waals surface area contributed by atoms with E-state index >= 15 is 0 Å². The van der Waals surface area contributed by atoms with Crippen molar-refractivity contribution in [3.63, 3.8) is 0 Å². The van der Waals surface area contributed by atoms with Gasteiger partial charge in [0.15, 0.2) is 0 Å². The number of amides is 1. The number of hydrogen-bond donors (Lipinski definition) is 0. The van der Waals surface area contributed by atoms with Crippen molar-refractivity contribution in [1.29, 1.82) is 0 Å². The van der Waals surface area contributed by atoms with Gasteiger partial charge in [-0.05, 0) is 37.5 Å². The average Bonchev–Trinajstić information content (AvgIpc) is 2.94. The van der Waals surface area contributed by atoms with Crippen molar-refractivity contribution in [2.45, 2.75) is 39.2 Å². The number of carbonyl (C=O) groups excluding carboxylic acids is 1. The first kappa shape index (κ1) is 13.9. The molecule has 3 nitrogen and oxygen atoms in total. The summed E-state index contributed by atoms with van der Waals surface area (Å²) in [6, 6.07) is 7.99. The summed E-state index contributed by atoms with van der Waals surface area (Å²) in [7, 11) is 1.90. The number of rotatable bonds is 5. The highest BCUT2D eigenvalue weighted by molar-refractivity contribution is 5.78. The standard InChI is InChI=1S/C16H23NO2/c1-3-19-15-10-8-13(9-11-15)12-17(2)16(18)14-6-4-5-7-14/h8-11,14H,3-7,12H2,1-2H3. The van der Waals surface area contributed by atoms with Gasteiger partial charge in [0, 0.05) is 19.5 Å².